The third-order valence-electron chi connectivity index (χ3n) is 3.22. The van der Waals surface area contributed by atoms with Gasteiger partial charge in [-0.1, -0.05) is 20.8 Å². The highest BCUT2D eigenvalue weighted by Gasteiger charge is 2.38. The molecule has 0 spiro atoms. The van der Waals surface area contributed by atoms with Crippen molar-refractivity contribution < 1.29 is 14.4 Å². The van der Waals surface area contributed by atoms with Crippen LogP contribution in [0, 0.1) is 5.92 Å². The predicted molar refractivity (Wildman–Crippen MR) is 75.9 cm³/mol. The summed E-state index contributed by atoms with van der Waals surface area (Å²) in [4.78, 5) is 36.9. The first-order chi connectivity index (χ1) is 9.36. The van der Waals surface area contributed by atoms with Gasteiger partial charge in [-0.15, -0.1) is 0 Å². The minimum Gasteiger partial charge on any atom is -0.354 e. The second-order valence-electron chi connectivity index (χ2n) is 5.67. The largest absolute Gasteiger partial charge is 0.354 e. The SMILES string of the molecule is CCCN1C(=O)CC(NC(C)C(=O)NCC(C)C)C1=O. The lowest BCUT2D eigenvalue weighted by Gasteiger charge is -2.19. The zero-order valence-corrected chi connectivity index (χ0v) is 12.7. The topological polar surface area (TPSA) is 78.5 Å². The van der Waals surface area contributed by atoms with Crippen LogP contribution in [0.5, 0.6) is 0 Å². The molecule has 1 fully saturated rings. The predicted octanol–water partition coefficient (Wildman–Crippen LogP) is 0.274. The van der Waals surface area contributed by atoms with Gasteiger partial charge in [0.25, 0.3) is 0 Å². The van der Waals surface area contributed by atoms with Gasteiger partial charge >= 0.3 is 0 Å². The van der Waals surface area contributed by atoms with Crippen molar-refractivity contribution in [2.45, 2.75) is 52.6 Å². The number of hydrogen-bond donors (Lipinski definition) is 2. The van der Waals surface area contributed by atoms with Gasteiger partial charge in [0.05, 0.1) is 18.5 Å². The number of carbonyl (C=O) groups is 3. The molecule has 0 radical (unpaired) electrons. The van der Waals surface area contributed by atoms with Crippen molar-refractivity contribution in [1.82, 2.24) is 15.5 Å². The molecule has 1 rings (SSSR count). The summed E-state index contributed by atoms with van der Waals surface area (Å²) in [5, 5.41) is 5.75. The molecule has 2 atom stereocenters. The minimum atomic E-state index is -0.575. The van der Waals surface area contributed by atoms with Crippen molar-refractivity contribution >= 4 is 17.7 Å². The number of hydrogen-bond acceptors (Lipinski definition) is 4. The van der Waals surface area contributed by atoms with Gasteiger partial charge in [0.1, 0.15) is 0 Å². The van der Waals surface area contributed by atoms with Crippen molar-refractivity contribution in [1.29, 1.82) is 0 Å². The number of amides is 3. The Morgan fingerprint density at radius 1 is 1.35 bits per heavy atom. The molecule has 0 aliphatic carbocycles. The van der Waals surface area contributed by atoms with Crippen LogP contribution in [0.4, 0.5) is 0 Å². The summed E-state index contributed by atoms with van der Waals surface area (Å²) in [7, 11) is 0. The van der Waals surface area contributed by atoms with Crippen LogP contribution in [0.15, 0.2) is 0 Å². The third-order valence-corrected chi connectivity index (χ3v) is 3.22. The molecule has 1 aliphatic heterocycles. The first kappa shape index (κ1) is 16.6. The standard InChI is InChI=1S/C14H25N3O3/c1-5-6-17-12(18)7-11(14(17)20)16-10(4)13(19)15-8-9(2)3/h9-11,16H,5-8H2,1-4H3,(H,15,19). The fourth-order valence-electron chi connectivity index (χ4n) is 2.11. The lowest BCUT2D eigenvalue weighted by molar-refractivity contribution is -0.138. The summed E-state index contributed by atoms with van der Waals surface area (Å²) in [6.45, 7) is 8.70. The van der Waals surface area contributed by atoms with E-state index < -0.39 is 12.1 Å². The molecule has 2 unspecified atom stereocenters. The van der Waals surface area contributed by atoms with Crippen molar-refractivity contribution in [2.75, 3.05) is 13.1 Å². The van der Waals surface area contributed by atoms with E-state index >= 15 is 0 Å². The molecule has 0 aromatic rings. The first-order valence-electron chi connectivity index (χ1n) is 7.24. The summed E-state index contributed by atoms with van der Waals surface area (Å²) in [6.07, 6.45) is 0.884. The van der Waals surface area contributed by atoms with E-state index in [1.807, 2.05) is 20.8 Å². The highest BCUT2D eigenvalue weighted by Crippen LogP contribution is 2.14. The molecular formula is C14H25N3O3. The Morgan fingerprint density at radius 2 is 2.00 bits per heavy atom. The number of nitrogens with zero attached hydrogens (tertiary/aromatic N) is 1. The molecule has 2 N–H and O–H groups in total. The number of likely N-dealkylation sites (tertiary alicyclic amines) is 1. The molecule has 0 bridgehead atoms. The Kier molecular flexibility index (Phi) is 6.13. The van der Waals surface area contributed by atoms with Gasteiger partial charge in [0.15, 0.2) is 0 Å². The minimum absolute atomic E-state index is 0.140. The average molecular weight is 283 g/mol. The van der Waals surface area contributed by atoms with Crippen molar-refractivity contribution in [2.24, 2.45) is 5.92 Å². The van der Waals surface area contributed by atoms with Crippen LogP contribution in [0.1, 0.15) is 40.5 Å². The number of imide groups is 1. The van der Waals surface area contributed by atoms with Crippen molar-refractivity contribution in [3.05, 3.63) is 0 Å². The summed E-state index contributed by atoms with van der Waals surface area (Å²) in [5.41, 5.74) is 0. The molecular weight excluding hydrogens is 258 g/mol. The van der Waals surface area contributed by atoms with Crippen molar-refractivity contribution in [3.63, 3.8) is 0 Å². The summed E-state index contributed by atoms with van der Waals surface area (Å²) < 4.78 is 0. The molecule has 0 aromatic carbocycles. The molecule has 6 heteroatoms. The molecule has 6 nitrogen and oxygen atoms in total. The second kappa shape index (κ2) is 7.38. The van der Waals surface area contributed by atoms with Crippen LogP contribution in [-0.4, -0.2) is 47.8 Å². The summed E-state index contributed by atoms with van der Waals surface area (Å²) in [6, 6.07) is -1.06. The van der Waals surface area contributed by atoms with Gasteiger partial charge in [-0.25, -0.2) is 0 Å². The van der Waals surface area contributed by atoms with E-state index in [2.05, 4.69) is 10.6 Å². The van der Waals surface area contributed by atoms with Gasteiger partial charge < -0.3 is 5.32 Å². The van der Waals surface area contributed by atoms with E-state index in [0.29, 0.717) is 19.0 Å². The summed E-state index contributed by atoms with van der Waals surface area (Å²) in [5.74, 6) is -0.154. The third kappa shape index (κ3) is 4.30. The fourth-order valence-corrected chi connectivity index (χ4v) is 2.11. The van der Waals surface area contributed by atoms with Crippen molar-refractivity contribution in [3.8, 4) is 0 Å². The van der Waals surface area contributed by atoms with E-state index in [4.69, 9.17) is 0 Å². The zero-order valence-electron chi connectivity index (χ0n) is 12.7. The van der Waals surface area contributed by atoms with E-state index in [1.165, 1.54) is 4.90 Å². The van der Waals surface area contributed by atoms with E-state index in [0.717, 1.165) is 6.42 Å². The molecule has 3 amide bonds. The molecule has 20 heavy (non-hydrogen) atoms. The lowest BCUT2D eigenvalue weighted by Crippen LogP contribution is -2.49. The van der Waals surface area contributed by atoms with Gasteiger partial charge in [-0.3, -0.25) is 24.6 Å². The maximum atomic E-state index is 12.0. The Balaban J connectivity index is 2.50. The highest BCUT2D eigenvalue weighted by atomic mass is 16.2. The maximum Gasteiger partial charge on any atom is 0.246 e. The molecule has 1 aliphatic rings. The first-order valence-corrected chi connectivity index (χ1v) is 7.24. The van der Waals surface area contributed by atoms with Crippen LogP contribution >= 0.6 is 0 Å². The van der Waals surface area contributed by atoms with E-state index in [9.17, 15) is 14.4 Å². The monoisotopic (exact) mass is 283 g/mol. The molecule has 0 aromatic heterocycles. The second-order valence-corrected chi connectivity index (χ2v) is 5.67. The highest BCUT2D eigenvalue weighted by molar-refractivity contribution is 6.05. The molecule has 1 saturated heterocycles. The molecule has 114 valence electrons. The average Bonchev–Trinajstić information content (AvgIpc) is 2.64. The van der Waals surface area contributed by atoms with Gasteiger partial charge in [0, 0.05) is 13.1 Å². The summed E-state index contributed by atoms with van der Waals surface area (Å²) >= 11 is 0. The quantitative estimate of drug-likeness (QED) is 0.658. The Morgan fingerprint density at radius 3 is 2.55 bits per heavy atom. The number of rotatable bonds is 7. The van der Waals surface area contributed by atoms with E-state index in [1.54, 1.807) is 6.92 Å². The van der Waals surface area contributed by atoms with E-state index in [-0.39, 0.29) is 24.1 Å². The molecule has 0 saturated carbocycles. The Bertz CT molecular complexity index is 382. The molecule has 1 heterocycles. The Labute approximate surface area is 120 Å². The number of nitrogens with one attached hydrogen (secondary N) is 2. The maximum absolute atomic E-state index is 12.0. The normalized spacial score (nSPS) is 20.6. The fraction of sp³-hybridized carbons (Fsp3) is 0.786. The van der Waals surface area contributed by atoms with Crippen LogP contribution in [0.2, 0.25) is 0 Å². The van der Waals surface area contributed by atoms with Gasteiger partial charge in [0.2, 0.25) is 17.7 Å². The van der Waals surface area contributed by atoms with Crippen LogP contribution in [-0.2, 0) is 14.4 Å². The Hall–Kier alpha value is -1.43. The zero-order chi connectivity index (χ0) is 15.3. The van der Waals surface area contributed by atoms with Gasteiger partial charge in [-0.2, -0.15) is 0 Å². The van der Waals surface area contributed by atoms with Crippen LogP contribution in [0.3, 0.4) is 0 Å². The van der Waals surface area contributed by atoms with Crippen LogP contribution < -0.4 is 10.6 Å². The lowest BCUT2D eigenvalue weighted by atomic mass is 10.2. The number of carbonyl (C=O) groups excluding carboxylic acids is 3. The van der Waals surface area contributed by atoms with Gasteiger partial charge in [-0.05, 0) is 19.3 Å². The van der Waals surface area contributed by atoms with Crippen LogP contribution in [0.25, 0.3) is 0 Å². The smallest absolute Gasteiger partial charge is 0.246 e.